The van der Waals surface area contributed by atoms with Crippen molar-refractivity contribution in [3.63, 3.8) is 0 Å². The molecule has 0 atom stereocenters. The lowest BCUT2D eigenvalue weighted by Crippen LogP contribution is -1.74. The van der Waals surface area contributed by atoms with Gasteiger partial charge in [-0.2, -0.15) is 0 Å². The summed E-state index contributed by atoms with van der Waals surface area (Å²) >= 11 is 1.33. The highest BCUT2D eigenvalue weighted by Gasteiger charge is 1.86. The van der Waals surface area contributed by atoms with Crippen molar-refractivity contribution in [2.24, 2.45) is 0 Å². The maximum Gasteiger partial charge on any atom is 0.0254 e. The van der Waals surface area contributed by atoms with Gasteiger partial charge in [-0.1, -0.05) is 47.2 Å². The molecule has 0 bridgehead atoms. The SMILES string of the molecule is Cc1ccc(C#CSC#Cc2ccc(C)cc2)cc1. The van der Waals surface area contributed by atoms with Crippen LogP contribution in [0.2, 0.25) is 0 Å². The van der Waals surface area contributed by atoms with Gasteiger partial charge >= 0.3 is 0 Å². The van der Waals surface area contributed by atoms with E-state index in [0.717, 1.165) is 11.1 Å². The number of thioether (sulfide) groups is 1. The van der Waals surface area contributed by atoms with Gasteiger partial charge in [0.1, 0.15) is 0 Å². The summed E-state index contributed by atoms with van der Waals surface area (Å²) < 4.78 is 0. The molecular weight excluding hydrogens is 248 g/mol. The van der Waals surface area contributed by atoms with E-state index >= 15 is 0 Å². The average molecular weight is 262 g/mol. The van der Waals surface area contributed by atoms with Gasteiger partial charge < -0.3 is 0 Å². The highest BCUT2D eigenvalue weighted by molar-refractivity contribution is 8.08. The minimum atomic E-state index is 1.02. The molecule has 0 nitrogen and oxygen atoms in total. The van der Waals surface area contributed by atoms with Gasteiger partial charge in [-0.25, -0.2) is 0 Å². The topological polar surface area (TPSA) is 0 Å². The first-order valence-corrected chi connectivity index (χ1v) is 6.87. The van der Waals surface area contributed by atoms with Gasteiger partial charge in [0, 0.05) is 22.9 Å². The maximum absolute atomic E-state index is 3.08. The molecule has 2 rings (SSSR count). The third kappa shape index (κ3) is 4.59. The van der Waals surface area contributed by atoms with E-state index in [9.17, 15) is 0 Å². The Morgan fingerprint density at radius 2 is 1.00 bits per heavy atom. The van der Waals surface area contributed by atoms with E-state index in [1.807, 2.05) is 24.3 Å². The van der Waals surface area contributed by atoms with Crippen molar-refractivity contribution in [3.05, 3.63) is 70.8 Å². The minimum absolute atomic E-state index is 1.02. The molecule has 0 amide bonds. The molecule has 0 saturated heterocycles. The number of benzene rings is 2. The fourth-order valence-electron chi connectivity index (χ4n) is 1.47. The van der Waals surface area contributed by atoms with Crippen molar-refractivity contribution in [1.82, 2.24) is 0 Å². The van der Waals surface area contributed by atoms with Crippen molar-refractivity contribution in [2.45, 2.75) is 13.8 Å². The normalized spacial score (nSPS) is 8.95. The van der Waals surface area contributed by atoms with Gasteiger partial charge in [-0.3, -0.25) is 0 Å². The van der Waals surface area contributed by atoms with Crippen LogP contribution < -0.4 is 0 Å². The molecule has 0 N–H and O–H groups in total. The first-order valence-electron chi connectivity index (χ1n) is 6.05. The highest BCUT2D eigenvalue weighted by atomic mass is 32.2. The first-order chi connectivity index (χ1) is 9.24. The molecule has 1 heteroatoms. The van der Waals surface area contributed by atoms with E-state index < -0.39 is 0 Å². The molecule has 0 aliphatic carbocycles. The van der Waals surface area contributed by atoms with E-state index in [1.54, 1.807) is 0 Å². The van der Waals surface area contributed by atoms with Crippen LogP contribution in [0.15, 0.2) is 48.5 Å². The van der Waals surface area contributed by atoms with Crippen LogP contribution in [0.4, 0.5) is 0 Å². The molecular formula is C18H14S. The molecule has 0 radical (unpaired) electrons. The van der Waals surface area contributed by atoms with Gasteiger partial charge in [-0.05, 0) is 48.6 Å². The van der Waals surface area contributed by atoms with Crippen LogP contribution in [0.3, 0.4) is 0 Å². The van der Waals surface area contributed by atoms with Crippen molar-refractivity contribution in [1.29, 1.82) is 0 Å². The second-order valence-corrected chi connectivity index (χ2v) is 4.90. The van der Waals surface area contributed by atoms with E-state index in [-0.39, 0.29) is 0 Å². The van der Waals surface area contributed by atoms with Crippen LogP contribution in [-0.2, 0) is 0 Å². The third-order valence-electron chi connectivity index (χ3n) is 2.60. The number of hydrogen-bond donors (Lipinski definition) is 0. The minimum Gasteiger partial charge on any atom is -0.0581 e. The number of hydrogen-bond acceptors (Lipinski definition) is 1. The molecule has 92 valence electrons. The summed E-state index contributed by atoms with van der Waals surface area (Å²) in [5, 5.41) is 5.99. The summed E-state index contributed by atoms with van der Waals surface area (Å²) in [6.07, 6.45) is 0. The molecule has 0 aliphatic heterocycles. The Morgan fingerprint density at radius 3 is 1.37 bits per heavy atom. The molecule has 0 aromatic heterocycles. The summed E-state index contributed by atoms with van der Waals surface area (Å²) in [6.45, 7) is 4.14. The summed E-state index contributed by atoms with van der Waals surface area (Å²) in [6, 6.07) is 16.3. The van der Waals surface area contributed by atoms with Crippen molar-refractivity contribution >= 4 is 11.8 Å². The Labute approximate surface area is 119 Å². The quantitative estimate of drug-likeness (QED) is 0.636. The zero-order chi connectivity index (χ0) is 13.5. The molecule has 0 saturated carbocycles. The zero-order valence-electron chi connectivity index (χ0n) is 11.0. The van der Waals surface area contributed by atoms with Gasteiger partial charge in [0.05, 0.1) is 0 Å². The fourth-order valence-corrected chi connectivity index (χ4v) is 1.86. The van der Waals surface area contributed by atoms with Gasteiger partial charge in [0.2, 0.25) is 0 Å². The smallest absolute Gasteiger partial charge is 0.0254 e. The van der Waals surface area contributed by atoms with Gasteiger partial charge in [-0.15, -0.1) is 0 Å². The van der Waals surface area contributed by atoms with E-state index in [2.05, 4.69) is 60.5 Å². The second-order valence-electron chi connectivity index (χ2n) is 4.29. The van der Waals surface area contributed by atoms with E-state index in [1.165, 1.54) is 22.9 Å². The molecule has 2 aromatic carbocycles. The predicted molar refractivity (Wildman–Crippen MR) is 83.7 cm³/mol. The van der Waals surface area contributed by atoms with Crippen LogP contribution in [0.1, 0.15) is 22.3 Å². The highest BCUT2D eigenvalue weighted by Crippen LogP contribution is 2.04. The van der Waals surface area contributed by atoms with Gasteiger partial charge in [0.25, 0.3) is 0 Å². The largest absolute Gasteiger partial charge is 0.0581 e. The Morgan fingerprint density at radius 1 is 0.632 bits per heavy atom. The predicted octanol–water partition coefficient (Wildman–Crippen LogP) is 4.35. The number of rotatable bonds is 0. The monoisotopic (exact) mass is 262 g/mol. The Balaban J connectivity index is 1.94. The molecule has 19 heavy (non-hydrogen) atoms. The van der Waals surface area contributed by atoms with E-state index in [0.29, 0.717) is 0 Å². The Bertz CT molecular complexity index is 595. The Hall–Kier alpha value is -2.09. The lowest BCUT2D eigenvalue weighted by atomic mass is 10.2. The maximum atomic E-state index is 3.08. The van der Waals surface area contributed by atoms with Crippen molar-refractivity contribution in [3.8, 4) is 22.3 Å². The van der Waals surface area contributed by atoms with E-state index in [4.69, 9.17) is 0 Å². The molecule has 2 aromatic rings. The molecule has 0 unspecified atom stereocenters. The Kier molecular flexibility index (Phi) is 4.73. The van der Waals surface area contributed by atoms with Gasteiger partial charge in [0.15, 0.2) is 0 Å². The van der Waals surface area contributed by atoms with Crippen LogP contribution >= 0.6 is 11.8 Å². The second kappa shape index (κ2) is 6.74. The summed E-state index contributed by atoms with van der Waals surface area (Å²) in [7, 11) is 0. The summed E-state index contributed by atoms with van der Waals surface area (Å²) in [5.41, 5.74) is 4.54. The third-order valence-corrected chi connectivity index (χ3v) is 3.00. The fraction of sp³-hybridized carbons (Fsp3) is 0.111. The molecule has 0 heterocycles. The van der Waals surface area contributed by atoms with Crippen molar-refractivity contribution < 1.29 is 0 Å². The van der Waals surface area contributed by atoms with Crippen LogP contribution in [0, 0.1) is 36.2 Å². The lowest BCUT2D eigenvalue weighted by molar-refractivity contribution is 1.46. The zero-order valence-corrected chi connectivity index (χ0v) is 11.8. The van der Waals surface area contributed by atoms with Crippen molar-refractivity contribution in [2.75, 3.05) is 0 Å². The van der Waals surface area contributed by atoms with Crippen LogP contribution in [-0.4, -0.2) is 0 Å². The summed E-state index contributed by atoms with van der Waals surface area (Å²) in [5.74, 6) is 6.16. The van der Waals surface area contributed by atoms with Crippen LogP contribution in [0.25, 0.3) is 0 Å². The molecule has 0 spiro atoms. The van der Waals surface area contributed by atoms with Crippen LogP contribution in [0.5, 0.6) is 0 Å². The lowest BCUT2D eigenvalue weighted by Gasteiger charge is -1.91. The summed E-state index contributed by atoms with van der Waals surface area (Å²) in [4.78, 5) is 0. The average Bonchev–Trinajstić information content (AvgIpc) is 2.43. The number of aryl methyl sites for hydroxylation is 2. The molecule has 0 aliphatic rings. The standard InChI is InChI=1S/C18H14S/c1-15-3-7-17(8-4-15)11-13-19-14-12-18-9-5-16(2)6-10-18/h3-10H,1-2H3. The first kappa shape index (κ1) is 13.3. The molecule has 0 fully saturated rings.